The van der Waals surface area contributed by atoms with Crippen LogP contribution in [0.15, 0.2) is 161 Å². The van der Waals surface area contributed by atoms with Crippen molar-refractivity contribution >= 4 is 117 Å². The first-order valence-corrected chi connectivity index (χ1v) is 26.7. The third-order valence-electron chi connectivity index (χ3n) is 15.2. The molecule has 0 aliphatic carbocycles. The van der Waals surface area contributed by atoms with Crippen molar-refractivity contribution in [1.82, 2.24) is 0 Å². The number of aromatic carboxylic acids is 3. The highest BCUT2D eigenvalue weighted by molar-refractivity contribution is 7.85. The van der Waals surface area contributed by atoms with Crippen LogP contribution >= 0.6 is 23.2 Å². The number of nitrogens with zero attached hydrogens (tertiary/aromatic N) is 2. The van der Waals surface area contributed by atoms with Gasteiger partial charge in [0.05, 0.1) is 64.9 Å². The maximum atomic E-state index is 13.8. The van der Waals surface area contributed by atoms with E-state index in [0.29, 0.717) is 51.4 Å². The molecule has 382 valence electrons. The average Bonchev–Trinajstić information content (AvgIpc) is 4.14. The smallest absolute Gasteiger partial charge is 0.367 e. The van der Waals surface area contributed by atoms with Gasteiger partial charge < -0.3 is 29.7 Å². The summed E-state index contributed by atoms with van der Waals surface area (Å²) in [6.45, 7) is 9.48. The van der Waals surface area contributed by atoms with Crippen LogP contribution in [0.4, 0.5) is 22.7 Å². The van der Waals surface area contributed by atoms with Gasteiger partial charge in [0.1, 0.15) is 10.1 Å². The first kappa shape index (κ1) is 49.5. The van der Waals surface area contributed by atoms with E-state index in [9.17, 15) is 42.7 Å². The van der Waals surface area contributed by atoms with E-state index >= 15 is 0 Å². The molecule has 0 fully saturated rings. The van der Waals surface area contributed by atoms with Crippen molar-refractivity contribution in [2.24, 2.45) is 0 Å². The van der Waals surface area contributed by atoms with Crippen LogP contribution in [0.3, 0.4) is 0 Å². The van der Waals surface area contributed by atoms with Crippen molar-refractivity contribution in [3.63, 3.8) is 0 Å². The van der Waals surface area contributed by atoms with Crippen LogP contribution in [0.2, 0.25) is 10.0 Å². The maximum absolute atomic E-state index is 13.8. The molecule has 0 unspecified atom stereocenters. The van der Waals surface area contributed by atoms with E-state index < -0.39 is 38.9 Å². The summed E-state index contributed by atoms with van der Waals surface area (Å²) < 4.78 is 42.8. The largest absolute Gasteiger partial charge is 0.744 e. The predicted molar refractivity (Wildman–Crippen MR) is 301 cm³/mol. The van der Waals surface area contributed by atoms with Crippen LogP contribution in [0.25, 0.3) is 76.9 Å². The number of carboxylic acids is 3. The molecular weight excluding hydrogens is 1040 g/mol. The summed E-state index contributed by atoms with van der Waals surface area (Å²) in [7, 11) is -4.62. The number of carboxylic acid groups (broad SMARTS) is 3. The second-order valence-electron chi connectivity index (χ2n) is 20.9. The highest BCUT2D eigenvalue weighted by Gasteiger charge is 2.49. The third kappa shape index (κ3) is 7.78. The minimum Gasteiger partial charge on any atom is -0.744 e. The fourth-order valence-electron chi connectivity index (χ4n) is 11.8. The zero-order chi connectivity index (χ0) is 54.2. The summed E-state index contributed by atoms with van der Waals surface area (Å²) in [6, 6.07) is 45.1. The number of benzene rings is 9. The lowest BCUT2D eigenvalue weighted by molar-refractivity contribution is 0.0682. The first-order valence-electron chi connectivity index (χ1n) is 24.5. The topological polar surface area (TPSA) is 187 Å². The van der Waals surface area contributed by atoms with Gasteiger partial charge in [0, 0.05) is 68.0 Å². The molecule has 0 bridgehead atoms. The molecule has 0 saturated carbocycles. The standard InChI is InChI=1S/C62H44Cl2N2O10S/c1-61(2)30-65(37-23-17-33(18-24-37)32-13-15-36(16-14-32)58(67)68)54-42-11-7-5-9-40(42)46-49(50-48(60(71)72)45(63)29-44(53(50)64)59(69)70)47-41-10-6-8-12-43(41)55-52(57(47)76-56(46)51(54)61)62(3,4)31-66(55)38-25-19-34(20-26-38)35-21-27-39(28-22-35)77(73,74)75/h5-29H,30-31H2,1-4H3,(H3-,67,68,69,70,71,72,73,74,75). The molecule has 12 nitrogen and oxygen atoms in total. The Labute approximate surface area is 451 Å². The van der Waals surface area contributed by atoms with Crippen LogP contribution in [-0.2, 0) is 20.9 Å². The molecule has 0 spiro atoms. The molecule has 15 heteroatoms. The van der Waals surface area contributed by atoms with E-state index in [0.717, 1.165) is 73.0 Å². The number of hydrogen-bond acceptors (Lipinski definition) is 8. The fourth-order valence-corrected chi connectivity index (χ4v) is 12.9. The van der Waals surface area contributed by atoms with Crippen LogP contribution < -0.4 is 9.80 Å². The average molecular weight is 1080 g/mol. The van der Waals surface area contributed by atoms with Crippen LogP contribution in [0.1, 0.15) is 69.9 Å². The van der Waals surface area contributed by atoms with E-state index in [1.54, 1.807) is 36.4 Å². The number of anilines is 4. The molecule has 0 amide bonds. The lowest BCUT2D eigenvalue weighted by Gasteiger charge is -2.23. The van der Waals surface area contributed by atoms with Crippen molar-refractivity contribution in [2.75, 3.05) is 22.9 Å². The summed E-state index contributed by atoms with van der Waals surface area (Å²) in [5.74, 6) is -3.80. The van der Waals surface area contributed by atoms with Crippen LogP contribution in [0.5, 0.6) is 0 Å². The summed E-state index contributed by atoms with van der Waals surface area (Å²) in [4.78, 5) is 42.7. The van der Waals surface area contributed by atoms with E-state index in [-0.39, 0.29) is 37.2 Å². The summed E-state index contributed by atoms with van der Waals surface area (Å²) in [5, 5.41) is 34.9. The molecule has 0 radical (unpaired) electrons. The zero-order valence-corrected chi connectivity index (χ0v) is 43.9. The van der Waals surface area contributed by atoms with Gasteiger partial charge in [0.2, 0.25) is 0 Å². The van der Waals surface area contributed by atoms with E-state index in [2.05, 4.69) is 37.5 Å². The molecule has 1 aromatic heterocycles. The Bertz CT molecular complexity index is 4350. The molecule has 3 N–H and O–H groups in total. The maximum Gasteiger partial charge on any atom is 0.367 e. The van der Waals surface area contributed by atoms with Gasteiger partial charge in [-0.25, -0.2) is 27.2 Å². The number of halogens is 2. The Hall–Kier alpha value is -8.33. The normalized spacial score (nSPS) is 14.6. The van der Waals surface area contributed by atoms with Crippen LogP contribution in [-0.4, -0.2) is 59.3 Å². The quantitative estimate of drug-likeness (QED) is 0.0538. The van der Waals surface area contributed by atoms with E-state index in [1.807, 2.05) is 97.1 Å². The van der Waals surface area contributed by atoms with Gasteiger partial charge in [-0.2, -0.15) is 0 Å². The summed E-state index contributed by atoms with van der Waals surface area (Å²) >= 11 is 14.3. The Morgan fingerprint density at radius 3 is 1.34 bits per heavy atom. The third-order valence-corrected chi connectivity index (χ3v) is 16.7. The van der Waals surface area contributed by atoms with Crippen molar-refractivity contribution in [3.8, 4) is 33.4 Å². The Balaban J connectivity index is 1.18. The molecule has 2 aliphatic heterocycles. The van der Waals surface area contributed by atoms with Gasteiger partial charge >= 0.3 is 29.1 Å². The van der Waals surface area contributed by atoms with Gasteiger partial charge in [0.25, 0.3) is 0 Å². The molecule has 0 atom stereocenters. The van der Waals surface area contributed by atoms with Crippen molar-refractivity contribution in [3.05, 3.63) is 190 Å². The molecule has 10 aromatic rings. The van der Waals surface area contributed by atoms with Crippen molar-refractivity contribution in [1.29, 1.82) is 0 Å². The van der Waals surface area contributed by atoms with Gasteiger partial charge in [-0.15, -0.1) is 0 Å². The number of rotatable bonds is 9. The monoisotopic (exact) mass is 1080 g/mol. The Morgan fingerprint density at radius 1 is 0.545 bits per heavy atom. The second-order valence-corrected chi connectivity index (χ2v) is 23.1. The van der Waals surface area contributed by atoms with Crippen molar-refractivity contribution in [2.45, 2.75) is 43.4 Å². The van der Waals surface area contributed by atoms with E-state index in [1.165, 1.54) is 12.1 Å². The number of carbonyl (C=O) groups is 3. The van der Waals surface area contributed by atoms with Crippen LogP contribution in [0, 0.1) is 0 Å². The van der Waals surface area contributed by atoms with Gasteiger partial charge in [0.15, 0.2) is 0 Å². The number of hydrogen-bond donors (Lipinski definition) is 3. The molecular formula is C62H44Cl2N2O10S. The molecule has 3 heterocycles. The second kappa shape index (κ2) is 17.6. The highest BCUT2D eigenvalue weighted by atomic mass is 35.5. The molecule has 77 heavy (non-hydrogen) atoms. The molecule has 12 rings (SSSR count). The minimum atomic E-state index is -4.62. The minimum absolute atomic E-state index is 0.0613. The van der Waals surface area contributed by atoms with Gasteiger partial charge in [-0.05, 0) is 76.9 Å². The summed E-state index contributed by atoms with van der Waals surface area (Å²) in [5.41, 5.74) is 7.71. The Kier molecular flexibility index (Phi) is 11.3. The first-order chi connectivity index (χ1) is 36.6. The van der Waals surface area contributed by atoms with Gasteiger partial charge in [-0.3, -0.25) is 0 Å². The zero-order valence-electron chi connectivity index (χ0n) is 41.6. The SMILES string of the molecule is CC1(C)CN(c2ccc(-c3ccc(C(=O)O)cc3)cc2)c2c1c1[o+]c3c4c(c5ccccc5c3c(-c3c(Cl)c(C(=O)O)cc(Cl)c3C(=O)O)c1c1ccccc21)N(c1ccc(-c2ccc(S(=O)(=O)[O-])cc2)cc1)CC4(C)C. The Morgan fingerprint density at radius 2 is 0.948 bits per heavy atom. The van der Waals surface area contributed by atoms with Gasteiger partial charge in [-0.1, -0.05) is 148 Å². The lowest BCUT2D eigenvalue weighted by atomic mass is 9.79. The number of fused-ring (bicyclic) bond motifs is 12. The molecule has 9 aromatic carbocycles. The predicted octanol–water partition coefficient (Wildman–Crippen LogP) is 15.3. The molecule has 0 saturated heterocycles. The molecule has 2 aliphatic rings. The highest BCUT2D eigenvalue weighted by Crippen LogP contribution is 2.60. The summed E-state index contributed by atoms with van der Waals surface area (Å²) in [6.07, 6.45) is 0. The lowest BCUT2D eigenvalue weighted by Crippen LogP contribution is -2.25. The fraction of sp³-hybridized carbons (Fsp3) is 0.129. The van der Waals surface area contributed by atoms with Crippen molar-refractivity contribution < 1.29 is 47.1 Å². The van der Waals surface area contributed by atoms with E-state index in [4.69, 9.17) is 27.6 Å².